The first-order valence-electron chi connectivity index (χ1n) is 5.69. The molecule has 0 aliphatic carbocycles. The van der Waals surface area contributed by atoms with E-state index in [1.54, 1.807) is 14.2 Å². The zero-order chi connectivity index (χ0) is 11.8. The number of ether oxygens (including phenoxy) is 2. The van der Waals surface area contributed by atoms with E-state index in [0.29, 0.717) is 0 Å². The molecule has 90 valence electrons. The first kappa shape index (κ1) is 13.0. The van der Waals surface area contributed by atoms with Crippen LogP contribution in [-0.2, 0) is 4.74 Å². The highest BCUT2D eigenvalue weighted by Crippen LogP contribution is 2.20. The molecule has 0 radical (unpaired) electrons. The molecule has 1 rings (SSSR count). The average molecular weight is 223 g/mol. The van der Waals surface area contributed by atoms with Crippen LogP contribution in [0.4, 0.5) is 0 Å². The Hall–Kier alpha value is -1.06. The third-order valence-electron chi connectivity index (χ3n) is 2.51. The number of benzene rings is 1. The fourth-order valence-electron chi connectivity index (χ4n) is 1.59. The molecule has 0 heterocycles. The molecule has 1 N–H and O–H groups in total. The van der Waals surface area contributed by atoms with Crippen molar-refractivity contribution in [2.24, 2.45) is 0 Å². The van der Waals surface area contributed by atoms with Crippen LogP contribution in [0.5, 0.6) is 5.75 Å². The molecular formula is C13H21NO2. The third kappa shape index (κ3) is 3.83. The van der Waals surface area contributed by atoms with Gasteiger partial charge in [0.1, 0.15) is 5.75 Å². The van der Waals surface area contributed by atoms with Crippen molar-refractivity contribution >= 4 is 0 Å². The minimum atomic E-state index is 0.0849. The summed E-state index contributed by atoms with van der Waals surface area (Å²) < 4.78 is 10.7. The lowest BCUT2D eigenvalue weighted by Crippen LogP contribution is -2.23. The first-order chi connectivity index (χ1) is 7.81. The summed E-state index contributed by atoms with van der Waals surface area (Å²) in [6.45, 7) is 4.00. The van der Waals surface area contributed by atoms with Gasteiger partial charge in [0.25, 0.3) is 0 Å². The largest absolute Gasteiger partial charge is 0.497 e. The second-order valence-electron chi connectivity index (χ2n) is 3.71. The van der Waals surface area contributed by atoms with Crippen molar-refractivity contribution in [2.45, 2.75) is 19.4 Å². The van der Waals surface area contributed by atoms with Crippen molar-refractivity contribution in [1.82, 2.24) is 5.32 Å². The summed E-state index contributed by atoms with van der Waals surface area (Å²) in [6, 6.07) is 8.00. The summed E-state index contributed by atoms with van der Waals surface area (Å²) in [5.74, 6) is 0.870. The smallest absolute Gasteiger partial charge is 0.119 e. The molecule has 16 heavy (non-hydrogen) atoms. The Morgan fingerprint density at radius 1 is 1.31 bits per heavy atom. The minimum Gasteiger partial charge on any atom is -0.497 e. The Bertz CT molecular complexity index is 302. The maximum atomic E-state index is 5.46. The highest BCUT2D eigenvalue weighted by molar-refractivity contribution is 5.30. The van der Waals surface area contributed by atoms with Gasteiger partial charge in [0.05, 0.1) is 13.2 Å². The van der Waals surface area contributed by atoms with Crippen molar-refractivity contribution in [3.63, 3.8) is 0 Å². The molecule has 0 saturated carbocycles. The molecule has 0 aromatic heterocycles. The van der Waals surface area contributed by atoms with Gasteiger partial charge in [0, 0.05) is 13.7 Å². The molecule has 1 aromatic carbocycles. The summed E-state index contributed by atoms with van der Waals surface area (Å²) in [7, 11) is 3.41. The van der Waals surface area contributed by atoms with E-state index >= 15 is 0 Å². The summed E-state index contributed by atoms with van der Waals surface area (Å²) in [6.07, 6.45) is 1.22. The van der Waals surface area contributed by atoms with Gasteiger partial charge in [0.2, 0.25) is 0 Å². The summed E-state index contributed by atoms with van der Waals surface area (Å²) >= 11 is 0. The van der Waals surface area contributed by atoms with Gasteiger partial charge in [-0.3, -0.25) is 0 Å². The van der Waals surface area contributed by atoms with Gasteiger partial charge in [-0.15, -0.1) is 0 Å². The monoisotopic (exact) mass is 223 g/mol. The Labute approximate surface area is 97.8 Å². The van der Waals surface area contributed by atoms with Crippen molar-refractivity contribution in [3.05, 3.63) is 29.8 Å². The molecule has 3 heteroatoms. The third-order valence-corrected chi connectivity index (χ3v) is 2.51. The van der Waals surface area contributed by atoms with Crippen molar-refractivity contribution in [3.8, 4) is 5.75 Å². The lowest BCUT2D eigenvalue weighted by Gasteiger charge is -2.17. The summed E-state index contributed by atoms with van der Waals surface area (Å²) in [5, 5.41) is 3.36. The van der Waals surface area contributed by atoms with E-state index in [1.807, 2.05) is 18.2 Å². The highest BCUT2D eigenvalue weighted by Gasteiger charge is 2.10. The van der Waals surface area contributed by atoms with E-state index in [-0.39, 0.29) is 6.10 Å². The highest BCUT2D eigenvalue weighted by atomic mass is 16.5. The van der Waals surface area contributed by atoms with Crippen molar-refractivity contribution in [2.75, 3.05) is 27.3 Å². The molecule has 0 bridgehead atoms. The Morgan fingerprint density at radius 2 is 2.12 bits per heavy atom. The Morgan fingerprint density at radius 3 is 2.75 bits per heavy atom. The van der Waals surface area contributed by atoms with Gasteiger partial charge in [-0.25, -0.2) is 0 Å². The molecule has 1 aromatic rings. The van der Waals surface area contributed by atoms with Gasteiger partial charge >= 0.3 is 0 Å². The van der Waals surface area contributed by atoms with Crippen LogP contribution in [0.1, 0.15) is 25.0 Å². The van der Waals surface area contributed by atoms with Crippen molar-refractivity contribution in [1.29, 1.82) is 0 Å². The predicted molar refractivity (Wildman–Crippen MR) is 65.9 cm³/mol. The van der Waals surface area contributed by atoms with Crippen molar-refractivity contribution < 1.29 is 9.47 Å². The number of nitrogens with one attached hydrogen (secondary N) is 1. The van der Waals surface area contributed by atoms with Crippen LogP contribution in [0.15, 0.2) is 24.3 Å². The molecule has 1 atom stereocenters. The molecule has 0 fully saturated rings. The van der Waals surface area contributed by atoms with E-state index in [4.69, 9.17) is 9.47 Å². The SMILES string of the molecule is CCCNCC(OC)c1cccc(OC)c1. The molecule has 3 nitrogen and oxygen atoms in total. The maximum Gasteiger partial charge on any atom is 0.119 e. The Balaban J connectivity index is 2.62. The lowest BCUT2D eigenvalue weighted by molar-refractivity contribution is 0.102. The summed E-state index contributed by atoms with van der Waals surface area (Å²) in [4.78, 5) is 0. The lowest BCUT2D eigenvalue weighted by atomic mass is 10.1. The molecular weight excluding hydrogens is 202 g/mol. The normalized spacial score (nSPS) is 12.4. The van der Waals surface area contributed by atoms with E-state index < -0.39 is 0 Å². The van der Waals surface area contributed by atoms with Gasteiger partial charge in [-0.1, -0.05) is 19.1 Å². The second kappa shape index (κ2) is 7.25. The quantitative estimate of drug-likeness (QED) is 0.720. The van der Waals surface area contributed by atoms with Crippen LogP contribution in [0.25, 0.3) is 0 Å². The van der Waals surface area contributed by atoms with E-state index in [0.717, 1.165) is 30.8 Å². The molecule has 0 saturated heterocycles. The standard InChI is InChI=1S/C13H21NO2/c1-4-8-14-10-13(16-3)11-6-5-7-12(9-11)15-2/h5-7,9,13-14H,4,8,10H2,1-3H3. The maximum absolute atomic E-state index is 5.46. The number of rotatable bonds is 7. The molecule has 0 amide bonds. The van der Waals surface area contributed by atoms with Gasteiger partial charge < -0.3 is 14.8 Å². The number of hydrogen-bond acceptors (Lipinski definition) is 3. The number of hydrogen-bond donors (Lipinski definition) is 1. The molecule has 0 aliphatic rings. The molecule has 1 unspecified atom stereocenters. The fourth-order valence-corrected chi connectivity index (χ4v) is 1.59. The van der Waals surface area contributed by atoms with Crippen LogP contribution in [-0.4, -0.2) is 27.3 Å². The van der Waals surface area contributed by atoms with E-state index in [9.17, 15) is 0 Å². The zero-order valence-electron chi connectivity index (χ0n) is 10.3. The first-order valence-corrected chi connectivity index (χ1v) is 5.69. The topological polar surface area (TPSA) is 30.5 Å². The minimum absolute atomic E-state index is 0.0849. The van der Waals surface area contributed by atoms with Gasteiger partial charge in [-0.2, -0.15) is 0 Å². The summed E-state index contributed by atoms with van der Waals surface area (Å²) in [5.41, 5.74) is 1.14. The van der Waals surface area contributed by atoms with Crippen LogP contribution in [0.3, 0.4) is 0 Å². The van der Waals surface area contributed by atoms with E-state index in [2.05, 4.69) is 18.3 Å². The molecule has 0 spiro atoms. The predicted octanol–water partition coefficient (Wildman–Crippen LogP) is 2.38. The van der Waals surface area contributed by atoms with Gasteiger partial charge in [-0.05, 0) is 30.7 Å². The average Bonchev–Trinajstić information content (AvgIpc) is 2.35. The van der Waals surface area contributed by atoms with E-state index in [1.165, 1.54) is 0 Å². The van der Waals surface area contributed by atoms with Crippen LogP contribution in [0.2, 0.25) is 0 Å². The van der Waals surface area contributed by atoms with Crippen LogP contribution >= 0.6 is 0 Å². The van der Waals surface area contributed by atoms with Crippen LogP contribution < -0.4 is 10.1 Å². The number of methoxy groups -OCH3 is 2. The zero-order valence-corrected chi connectivity index (χ0v) is 10.3. The Kier molecular flexibility index (Phi) is 5.90. The van der Waals surface area contributed by atoms with Gasteiger partial charge in [0.15, 0.2) is 0 Å². The van der Waals surface area contributed by atoms with Crippen LogP contribution in [0, 0.1) is 0 Å². The fraction of sp³-hybridized carbons (Fsp3) is 0.538. The molecule has 0 aliphatic heterocycles. The second-order valence-corrected chi connectivity index (χ2v) is 3.71.